The van der Waals surface area contributed by atoms with E-state index in [1.807, 2.05) is 41.0 Å². The summed E-state index contributed by atoms with van der Waals surface area (Å²) in [6, 6.07) is 11.4. The molecule has 3 aromatic rings. The lowest BCUT2D eigenvalue weighted by Gasteiger charge is -2.32. The first kappa shape index (κ1) is 22.4. The maximum absolute atomic E-state index is 13.4. The molecule has 0 radical (unpaired) electrons. The van der Waals surface area contributed by atoms with Crippen molar-refractivity contribution in [2.75, 3.05) is 57.4 Å². The highest BCUT2D eigenvalue weighted by atomic mass is 16.5. The third-order valence-corrected chi connectivity index (χ3v) is 6.64. The summed E-state index contributed by atoms with van der Waals surface area (Å²) in [6.07, 6.45) is 1.66. The minimum absolute atomic E-state index is 0.133. The molecule has 1 N–H and O–H groups in total. The zero-order chi connectivity index (χ0) is 23.7. The SMILES string of the molecule is CCN(CC)CCNC(=O)c1cn2c3c(c(N4CCOCC4)ccc3c1=O)Oc1ccccc1-2. The molecule has 0 bridgehead atoms. The maximum atomic E-state index is 13.4. The standard InChI is InChI=1S/C26H30N4O4/c1-3-28(4-2)12-11-27-26(32)19-17-30-20-7-5-6-8-22(20)34-25-21(29-13-15-33-16-14-29)10-9-18(23(25)30)24(19)31/h5-10,17H,3-4,11-16H2,1-2H3,(H,27,32). The molecule has 2 aliphatic heterocycles. The van der Waals surface area contributed by atoms with E-state index in [2.05, 4.69) is 29.0 Å². The largest absolute Gasteiger partial charge is 0.451 e. The number of nitrogens with zero attached hydrogens (tertiary/aromatic N) is 3. The van der Waals surface area contributed by atoms with Crippen molar-refractivity contribution in [1.82, 2.24) is 14.8 Å². The first-order valence-corrected chi connectivity index (χ1v) is 11.9. The van der Waals surface area contributed by atoms with Crippen molar-refractivity contribution in [3.63, 3.8) is 0 Å². The minimum atomic E-state index is -0.356. The number of carbonyl (C=O) groups excluding carboxylic acids is 1. The lowest BCUT2D eigenvalue weighted by Crippen LogP contribution is -2.37. The van der Waals surface area contributed by atoms with Gasteiger partial charge in [-0.1, -0.05) is 26.0 Å². The molecule has 0 saturated carbocycles. The van der Waals surface area contributed by atoms with Crippen LogP contribution in [-0.4, -0.2) is 67.9 Å². The molecule has 34 heavy (non-hydrogen) atoms. The van der Waals surface area contributed by atoms with E-state index in [9.17, 15) is 9.59 Å². The number of hydrogen-bond acceptors (Lipinski definition) is 6. The van der Waals surface area contributed by atoms with Crippen molar-refractivity contribution < 1.29 is 14.3 Å². The number of benzene rings is 2. The predicted octanol–water partition coefficient (Wildman–Crippen LogP) is 3.00. The molecule has 8 heteroatoms. The number of hydrogen-bond donors (Lipinski definition) is 1. The number of morpholine rings is 1. The maximum Gasteiger partial charge on any atom is 0.256 e. The predicted molar refractivity (Wildman–Crippen MR) is 133 cm³/mol. The van der Waals surface area contributed by atoms with Gasteiger partial charge in [0.15, 0.2) is 11.5 Å². The summed E-state index contributed by atoms with van der Waals surface area (Å²) in [4.78, 5) is 31.0. The molecular formula is C26H30N4O4. The third-order valence-electron chi connectivity index (χ3n) is 6.64. The van der Waals surface area contributed by atoms with E-state index in [-0.39, 0.29) is 16.9 Å². The second kappa shape index (κ2) is 9.48. The summed E-state index contributed by atoms with van der Waals surface area (Å²) < 4.78 is 13.8. The monoisotopic (exact) mass is 462 g/mol. The van der Waals surface area contributed by atoms with Gasteiger partial charge >= 0.3 is 0 Å². The molecule has 0 atom stereocenters. The molecule has 1 saturated heterocycles. The van der Waals surface area contributed by atoms with Crippen molar-refractivity contribution in [2.45, 2.75) is 13.8 Å². The zero-order valence-electron chi connectivity index (χ0n) is 19.7. The van der Waals surface area contributed by atoms with Crippen molar-refractivity contribution in [3.8, 4) is 17.2 Å². The Labute approximate surface area is 198 Å². The van der Waals surface area contributed by atoms with E-state index in [1.54, 1.807) is 6.20 Å². The number of aromatic nitrogens is 1. The van der Waals surface area contributed by atoms with Gasteiger partial charge in [0, 0.05) is 32.4 Å². The molecule has 8 nitrogen and oxygen atoms in total. The van der Waals surface area contributed by atoms with Crippen LogP contribution in [0.15, 0.2) is 47.4 Å². The highest BCUT2D eigenvalue weighted by Crippen LogP contribution is 2.45. The number of fused-ring (bicyclic) bond motifs is 2. The number of anilines is 1. The Kier molecular flexibility index (Phi) is 6.26. The quantitative estimate of drug-likeness (QED) is 0.455. The molecular weight excluding hydrogens is 432 g/mol. The van der Waals surface area contributed by atoms with Gasteiger partial charge in [-0.05, 0) is 37.4 Å². The molecule has 0 unspecified atom stereocenters. The molecule has 0 spiro atoms. The van der Waals surface area contributed by atoms with Crippen LogP contribution < -0.4 is 20.4 Å². The number of pyridine rings is 1. The minimum Gasteiger partial charge on any atom is -0.451 e. The van der Waals surface area contributed by atoms with Crippen molar-refractivity contribution >= 4 is 22.5 Å². The second-order valence-corrected chi connectivity index (χ2v) is 8.50. The number of nitrogens with one attached hydrogen (secondary N) is 1. The lowest BCUT2D eigenvalue weighted by atomic mass is 10.1. The molecule has 1 amide bonds. The number of ether oxygens (including phenoxy) is 2. The Hall–Kier alpha value is -3.36. The van der Waals surface area contributed by atoms with Gasteiger partial charge < -0.3 is 29.2 Å². The van der Waals surface area contributed by atoms with E-state index in [0.29, 0.717) is 42.2 Å². The average Bonchev–Trinajstić information content (AvgIpc) is 2.88. The summed E-state index contributed by atoms with van der Waals surface area (Å²) in [5.41, 5.74) is 2.26. The Morgan fingerprint density at radius 2 is 1.82 bits per heavy atom. The van der Waals surface area contributed by atoms with Gasteiger partial charge in [-0.2, -0.15) is 0 Å². The fraction of sp³-hybridized carbons (Fsp3) is 0.385. The van der Waals surface area contributed by atoms with E-state index >= 15 is 0 Å². The van der Waals surface area contributed by atoms with Gasteiger partial charge in [0.1, 0.15) is 11.1 Å². The van der Waals surface area contributed by atoms with Crippen LogP contribution in [0.5, 0.6) is 11.5 Å². The molecule has 178 valence electrons. The Morgan fingerprint density at radius 1 is 1.06 bits per heavy atom. The molecule has 1 fully saturated rings. The highest BCUT2D eigenvalue weighted by molar-refractivity contribution is 6.01. The summed E-state index contributed by atoms with van der Waals surface area (Å²) in [5, 5.41) is 3.40. The Morgan fingerprint density at radius 3 is 2.59 bits per heavy atom. The third kappa shape index (κ3) is 3.93. The Bertz CT molecular complexity index is 1280. The van der Waals surface area contributed by atoms with Crippen LogP contribution in [0.4, 0.5) is 5.69 Å². The fourth-order valence-corrected chi connectivity index (χ4v) is 4.70. The smallest absolute Gasteiger partial charge is 0.256 e. The van der Waals surface area contributed by atoms with Crippen LogP contribution in [0.25, 0.3) is 16.6 Å². The first-order chi connectivity index (χ1) is 16.6. The van der Waals surface area contributed by atoms with E-state index in [4.69, 9.17) is 9.47 Å². The molecule has 2 aromatic carbocycles. The molecule has 3 heterocycles. The van der Waals surface area contributed by atoms with E-state index in [0.717, 1.165) is 44.1 Å². The van der Waals surface area contributed by atoms with E-state index in [1.165, 1.54) is 0 Å². The summed E-state index contributed by atoms with van der Waals surface area (Å²) in [5.74, 6) is 0.975. The zero-order valence-corrected chi connectivity index (χ0v) is 19.7. The van der Waals surface area contributed by atoms with Gasteiger partial charge in [0.25, 0.3) is 5.91 Å². The van der Waals surface area contributed by atoms with Gasteiger partial charge in [-0.25, -0.2) is 0 Å². The molecule has 5 rings (SSSR count). The number of para-hydroxylation sites is 2. The van der Waals surface area contributed by atoms with Crippen LogP contribution >= 0.6 is 0 Å². The number of likely N-dealkylation sites (N-methyl/N-ethyl adjacent to an activating group) is 1. The topological polar surface area (TPSA) is 76.0 Å². The van der Waals surface area contributed by atoms with Crippen LogP contribution in [0.3, 0.4) is 0 Å². The second-order valence-electron chi connectivity index (χ2n) is 8.50. The fourth-order valence-electron chi connectivity index (χ4n) is 4.70. The normalized spacial score (nSPS) is 14.7. The molecule has 0 aliphatic carbocycles. The van der Waals surface area contributed by atoms with Gasteiger partial charge in [0.05, 0.1) is 30.0 Å². The lowest BCUT2D eigenvalue weighted by molar-refractivity contribution is 0.0947. The summed E-state index contributed by atoms with van der Waals surface area (Å²) in [7, 11) is 0. The van der Waals surface area contributed by atoms with E-state index < -0.39 is 0 Å². The number of amides is 1. The Balaban J connectivity index is 1.60. The van der Waals surface area contributed by atoms with Crippen molar-refractivity contribution in [2.24, 2.45) is 0 Å². The molecule has 2 aliphatic rings. The van der Waals surface area contributed by atoms with Gasteiger partial charge in [-0.3, -0.25) is 9.59 Å². The summed E-state index contributed by atoms with van der Waals surface area (Å²) >= 11 is 0. The average molecular weight is 463 g/mol. The van der Waals surface area contributed by atoms with Crippen LogP contribution in [0.2, 0.25) is 0 Å². The highest BCUT2D eigenvalue weighted by Gasteiger charge is 2.28. The number of rotatable bonds is 7. The van der Waals surface area contributed by atoms with Gasteiger partial charge in [-0.15, -0.1) is 0 Å². The van der Waals surface area contributed by atoms with Gasteiger partial charge in [0.2, 0.25) is 5.43 Å². The summed E-state index contributed by atoms with van der Waals surface area (Å²) in [6.45, 7) is 10.0. The van der Waals surface area contributed by atoms with Crippen LogP contribution in [-0.2, 0) is 4.74 Å². The number of carbonyl (C=O) groups is 1. The van der Waals surface area contributed by atoms with Crippen LogP contribution in [0, 0.1) is 0 Å². The van der Waals surface area contributed by atoms with Crippen molar-refractivity contribution in [3.05, 3.63) is 58.4 Å². The first-order valence-electron chi connectivity index (χ1n) is 11.9. The molecule has 1 aromatic heterocycles. The van der Waals surface area contributed by atoms with Crippen LogP contribution in [0.1, 0.15) is 24.2 Å². The van der Waals surface area contributed by atoms with Crippen molar-refractivity contribution in [1.29, 1.82) is 0 Å².